The second kappa shape index (κ2) is 14.0. The Bertz CT molecular complexity index is 2110. The monoisotopic (exact) mass is 657 g/mol. The second-order valence-electron chi connectivity index (χ2n) is 11.8. The van der Waals surface area contributed by atoms with Crippen molar-refractivity contribution in [3.05, 3.63) is 154 Å². The van der Waals surface area contributed by atoms with E-state index in [1.54, 1.807) is 28.8 Å². The van der Waals surface area contributed by atoms with E-state index in [0.29, 0.717) is 22.5 Å². The van der Waals surface area contributed by atoms with Crippen molar-refractivity contribution < 1.29 is 18.1 Å². The van der Waals surface area contributed by atoms with Crippen LogP contribution in [0, 0.1) is 6.92 Å². The largest absolute Gasteiger partial charge is 0.530 e. The number of nitrogens with one attached hydrogen (secondary N) is 1. The maximum Gasteiger partial charge on any atom is 0.530 e. The van der Waals surface area contributed by atoms with Crippen LogP contribution >= 0.6 is 7.82 Å². The van der Waals surface area contributed by atoms with Crippen LogP contribution in [0.5, 0.6) is 5.75 Å². The molecule has 0 unspecified atom stereocenters. The molecule has 0 radical (unpaired) electrons. The van der Waals surface area contributed by atoms with Gasteiger partial charge in [0.05, 0.1) is 30.2 Å². The molecule has 1 aliphatic rings. The van der Waals surface area contributed by atoms with Crippen molar-refractivity contribution in [2.24, 2.45) is 0 Å². The van der Waals surface area contributed by atoms with Crippen molar-refractivity contribution >= 4 is 19.0 Å². The molecule has 242 valence electrons. The number of aromatic nitrogens is 3. The molecule has 0 fully saturated rings. The summed E-state index contributed by atoms with van der Waals surface area (Å²) in [6, 6.07) is 35.8. The SMILES string of the molecule is Cc1nc2c(C3=CCCCC3)c(-c3ccccc3)[nH]n2c(=O)c1-c1ccc(OP(=O)(OCc2ccccc2)OCc2ccccc2)cc1. The first-order valence-electron chi connectivity index (χ1n) is 16.1. The van der Waals surface area contributed by atoms with Crippen LogP contribution in [0.1, 0.15) is 48.1 Å². The number of fused-ring (bicyclic) bond motifs is 1. The normalized spacial score (nSPS) is 13.4. The number of allylic oxidation sites excluding steroid dienone is 2. The van der Waals surface area contributed by atoms with E-state index in [4.69, 9.17) is 18.6 Å². The molecule has 9 heteroatoms. The smallest absolute Gasteiger partial charge is 0.404 e. The van der Waals surface area contributed by atoms with Gasteiger partial charge in [0.25, 0.3) is 5.56 Å². The van der Waals surface area contributed by atoms with E-state index in [0.717, 1.165) is 53.6 Å². The fourth-order valence-electron chi connectivity index (χ4n) is 6.05. The third-order valence-corrected chi connectivity index (χ3v) is 9.79. The van der Waals surface area contributed by atoms with Gasteiger partial charge in [-0.1, -0.05) is 109 Å². The van der Waals surface area contributed by atoms with Crippen molar-refractivity contribution in [1.82, 2.24) is 14.6 Å². The molecule has 48 heavy (non-hydrogen) atoms. The first-order chi connectivity index (χ1) is 23.5. The highest BCUT2D eigenvalue weighted by Crippen LogP contribution is 2.51. The zero-order chi connectivity index (χ0) is 32.9. The Kier molecular flexibility index (Phi) is 9.21. The molecule has 0 atom stereocenters. The predicted octanol–water partition coefficient (Wildman–Crippen LogP) is 9.54. The summed E-state index contributed by atoms with van der Waals surface area (Å²) in [4.78, 5) is 19.1. The lowest BCUT2D eigenvalue weighted by Crippen LogP contribution is -2.19. The molecule has 1 aliphatic carbocycles. The van der Waals surface area contributed by atoms with Gasteiger partial charge < -0.3 is 4.52 Å². The topological polar surface area (TPSA) is 94.9 Å². The van der Waals surface area contributed by atoms with Gasteiger partial charge in [0.15, 0.2) is 5.65 Å². The second-order valence-corrected chi connectivity index (χ2v) is 13.4. The minimum absolute atomic E-state index is 0.0483. The Morgan fingerprint density at radius 2 is 1.35 bits per heavy atom. The highest BCUT2D eigenvalue weighted by Gasteiger charge is 2.29. The average molecular weight is 658 g/mol. The summed E-state index contributed by atoms with van der Waals surface area (Å²) in [6.45, 7) is 1.96. The summed E-state index contributed by atoms with van der Waals surface area (Å²) < 4.78 is 32.9. The molecule has 0 bridgehead atoms. The van der Waals surface area contributed by atoms with Gasteiger partial charge in [-0.05, 0) is 67.0 Å². The molecule has 2 aromatic heterocycles. The van der Waals surface area contributed by atoms with Crippen molar-refractivity contribution in [1.29, 1.82) is 0 Å². The molecule has 7 rings (SSSR count). The average Bonchev–Trinajstić information content (AvgIpc) is 3.52. The molecule has 4 aromatic carbocycles. The minimum Gasteiger partial charge on any atom is -0.404 e. The van der Waals surface area contributed by atoms with E-state index in [-0.39, 0.29) is 24.5 Å². The third kappa shape index (κ3) is 6.83. The standard InChI is InChI=1S/C39H36N3O5P/c1-28-35(39(43)42-38(40-28)36(31-18-10-4-11-19-31)37(41-42)33-20-12-5-13-21-33)32-22-24-34(25-23-32)47-48(44,45-26-29-14-6-2-7-15-29)46-27-30-16-8-3-9-17-30/h2-3,5-9,12-18,20-25,41H,4,10-11,19,26-27H2,1H3. The lowest BCUT2D eigenvalue weighted by Gasteiger charge is -2.19. The number of nitrogens with zero attached hydrogens (tertiary/aromatic N) is 2. The van der Waals surface area contributed by atoms with E-state index in [1.807, 2.05) is 97.9 Å². The summed E-state index contributed by atoms with van der Waals surface area (Å²) in [6.07, 6.45) is 6.50. The van der Waals surface area contributed by atoms with Gasteiger partial charge in [-0.3, -0.25) is 18.9 Å². The molecular formula is C39H36N3O5P. The number of phosphoric ester groups is 1. The van der Waals surface area contributed by atoms with E-state index < -0.39 is 7.82 Å². The van der Waals surface area contributed by atoms with Gasteiger partial charge in [-0.25, -0.2) is 9.55 Å². The van der Waals surface area contributed by atoms with Crippen LogP contribution in [0.15, 0.2) is 126 Å². The van der Waals surface area contributed by atoms with Crippen LogP contribution in [0.2, 0.25) is 0 Å². The molecule has 6 aromatic rings. The molecule has 8 nitrogen and oxygen atoms in total. The summed E-state index contributed by atoms with van der Waals surface area (Å²) in [5, 5.41) is 3.39. The fourth-order valence-corrected chi connectivity index (χ4v) is 7.23. The quantitative estimate of drug-likeness (QED) is 0.140. The molecule has 0 spiro atoms. The summed E-state index contributed by atoms with van der Waals surface area (Å²) in [7, 11) is -4.05. The van der Waals surface area contributed by atoms with E-state index in [1.165, 1.54) is 5.57 Å². The Hall–Kier alpha value is -5.01. The van der Waals surface area contributed by atoms with Crippen LogP contribution in [0.3, 0.4) is 0 Å². The highest BCUT2D eigenvalue weighted by molar-refractivity contribution is 7.48. The molecule has 0 aliphatic heterocycles. The van der Waals surface area contributed by atoms with Gasteiger partial charge in [-0.2, -0.15) is 4.52 Å². The summed E-state index contributed by atoms with van der Waals surface area (Å²) >= 11 is 0. The van der Waals surface area contributed by atoms with Crippen LogP contribution in [0.4, 0.5) is 0 Å². The molecule has 0 saturated heterocycles. The molecular weight excluding hydrogens is 621 g/mol. The van der Waals surface area contributed by atoms with Gasteiger partial charge in [0.2, 0.25) is 0 Å². The maximum atomic E-state index is 14.1. The Morgan fingerprint density at radius 3 is 1.94 bits per heavy atom. The lowest BCUT2D eigenvalue weighted by molar-refractivity contribution is 0.143. The van der Waals surface area contributed by atoms with Gasteiger partial charge in [0, 0.05) is 11.1 Å². The summed E-state index contributed by atoms with van der Waals surface area (Å²) in [5.74, 6) is 0.285. The van der Waals surface area contributed by atoms with E-state index in [9.17, 15) is 9.36 Å². The Morgan fingerprint density at radius 1 is 0.750 bits per heavy atom. The molecule has 1 N–H and O–H groups in total. The third-order valence-electron chi connectivity index (χ3n) is 8.46. The van der Waals surface area contributed by atoms with Crippen molar-refractivity contribution in [2.75, 3.05) is 0 Å². The van der Waals surface area contributed by atoms with Crippen LogP contribution in [0.25, 0.3) is 33.6 Å². The fraction of sp³-hybridized carbons (Fsp3) is 0.179. The van der Waals surface area contributed by atoms with Crippen molar-refractivity contribution in [3.63, 3.8) is 0 Å². The lowest BCUT2D eigenvalue weighted by atomic mass is 9.92. The van der Waals surface area contributed by atoms with Crippen molar-refractivity contribution in [3.8, 4) is 28.1 Å². The molecule has 0 saturated carbocycles. The number of aromatic amines is 1. The van der Waals surface area contributed by atoms with E-state index in [2.05, 4.69) is 11.2 Å². The molecule has 0 amide bonds. The summed E-state index contributed by atoms with van der Waals surface area (Å²) in [5.41, 5.74) is 7.92. The predicted molar refractivity (Wildman–Crippen MR) is 189 cm³/mol. The highest BCUT2D eigenvalue weighted by atomic mass is 31.2. The first-order valence-corrected chi connectivity index (χ1v) is 17.6. The van der Waals surface area contributed by atoms with E-state index >= 15 is 0 Å². The minimum atomic E-state index is -4.05. The number of H-pyrrole nitrogens is 1. The first kappa shape index (κ1) is 31.6. The Labute approximate surface area is 279 Å². The number of aryl methyl sites for hydroxylation is 1. The van der Waals surface area contributed by atoms with Gasteiger partial charge in [0.1, 0.15) is 5.75 Å². The van der Waals surface area contributed by atoms with Gasteiger partial charge >= 0.3 is 7.82 Å². The van der Waals surface area contributed by atoms with Crippen LogP contribution in [-0.4, -0.2) is 14.6 Å². The van der Waals surface area contributed by atoms with Crippen LogP contribution < -0.4 is 10.1 Å². The van der Waals surface area contributed by atoms with Crippen molar-refractivity contribution in [2.45, 2.75) is 45.8 Å². The van der Waals surface area contributed by atoms with Crippen LogP contribution in [-0.2, 0) is 26.8 Å². The molecule has 2 heterocycles. The number of benzene rings is 4. The maximum absolute atomic E-state index is 14.1. The number of hydrogen-bond acceptors (Lipinski definition) is 6. The number of rotatable bonds is 11. The van der Waals surface area contributed by atoms with Gasteiger partial charge in [-0.15, -0.1) is 0 Å². The zero-order valence-electron chi connectivity index (χ0n) is 26.7. The number of hydrogen-bond donors (Lipinski definition) is 1. The number of phosphoric acid groups is 1. The zero-order valence-corrected chi connectivity index (χ0v) is 27.6. The Balaban J connectivity index is 1.20.